The summed E-state index contributed by atoms with van der Waals surface area (Å²) < 4.78 is 28.4. The number of aryl methyl sites for hydroxylation is 1. The third kappa shape index (κ3) is 4.73. The molecule has 28 heavy (non-hydrogen) atoms. The highest BCUT2D eigenvalue weighted by Crippen LogP contribution is 2.26. The Morgan fingerprint density at radius 3 is 2.39 bits per heavy atom. The van der Waals surface area contributed by atoms with Crippen molar-refractivity contribution in [3.63, 3.8) is 0 Å². The third-order valence-corrected chi connectivity index (χ3v) is 6.59. The molecule has 0 bridgehead atoms. The Bertz CT molecular complexity index is 1140. The monoisotopic (exact) mass is 478 g/mol. The fraction of sp³-hybridized carbons (Fsp3) is 0.0500. The topological polar surface area (TPSA) is 75.3 Å². The number of sulfonamides is 1. The minimum atomic E-state index is -3.75. The van der Waals surface area contributed by atoms with E-state index in [2.05, 4.69) is 26.0 Å². The Kier molecular flexibility index (Phi) is 6.07. The minimum absolute atomic E-state index is 0.147. The lowest BCUT2D eigenvalue weighted by molar-refractivity contribution is 0.102. The van der Waals surface area contributed by atoms with Gasteiger partial charge in [-0.1, -0.05) is 35.9 Å². The number of carbonyl (C=O) groups is 1. The molecule has 144 valence electrons. The van der Waals surface area contributed by atoms with Gasteiger partial charge in [0, 0.05) is 15.7 Å². The van der Waals surface area contributed by atoms with Crippen LogP contribution in [0.1, 0.15) is 15.9 Å². The maximum absolute atomic E-state index is 12.6. The summed E-state index contributed by atoms with van der Waals surface area (Å²) in [6, 6.07) is 17.9. The van der Waals surface area contributed by atoms with Gasteiger partial charge in [0.2, 0.25) is 0 Å². The Balaban J connectivity index is 1.84. The predicted octanol–water partition coefficient (Wildman–Crippen LogP) is 5.46. The zero-order valence-electron chi connectivity index (χ0n) is 14.7. The van der Waals surface area contributed by atoms with Gasteiger partial charge in [-0.15, -0.1) is 0 Å². The summed E-state index contributed by atoms with van der Waals surface area (Å²) in [6.45, 7) is 1.76. The van der Waals surface area contributed by atoms with Crippen LogP contribution in [0.15, 0.2) is 76.1 Å². The fourth-order valence-electron chi connectivity index (χ4n) is 2.45. The van der Waals surface area contributed by atoms with Crippen LogP contribution in [0.5, 0.6) is 0 Å². The number of halogens is 2. The SMILES string of the molecule is Cc1ccc(C(=O)Nc2ccc(Br)c(Cl)c2)cc1NS(=O)(=O)c1ccccc1. The van der Waals surface area contributed by atoms with E-state index >= 15 is 0 Å². The second-order valence-corrected chi connectivity index (χ2v) is 8.98. The zero-order valence-corrected chi connectivity index (χ0v) is 17.9. The Morgan fingerprint density at radius 1 is 1.00 bits per heavy atom. The van der Waals surface area contributed by atoms with Crippen LogP contribution in [-0.4, -0.2) is 14.3 Å². The molecule has 0 fully saturated rings. The molecule has 2 N–H and O–H groups in total. The first-order valence-electron chi connectivity index (χ1n) is 8.21. The van der Waals surface area contributed by atoms with Gasteiger partial charge in [0.15, 0.2) is 0 Å². The van der Waals surface area contributed by atoms with E-state index in [4.69, 9.17) is 11.6 Å². The third-order valence-electron chi connectivity index (χ3n) is 3.98. The first-order chi connectivity index (χ1) is 13.3. The van der Waals surface area contributed by atoms with E-state index in [1.54, 1.807) is 55.5 Å². The Morgan fingerprint density at radius 2 is 1.71 bits per heavy atom. The second kappa shape index (κ2) is 8.34. The van der Waals surface area contributed by atoms with Crippen LogP contribution < -0.4 is 10.0 Å². The summed E-state index contributed by atoms with van der Waals surface area (Å²) in [4.78, 5) is 12.7. The van der Waals surface area contributed by atoms with Crippen LogP contribution in [0.4, 0.5) is 11.4 Å². The van der Waals surface area contributed by atoms with E-state index in [0.29, 0.717) is 27.5 Å². The lowest BCUT2D eigenvalue weighted by Gasteiger charge is -2.13. The molecule has 8 heteroatoms. The van der Waals surface area contributed by atoms with Gasteiger partial charge >= 0.3 is 0 Å². The van der Waals surface area contributed by atoms with Gasteiger partial charge in [0.1, 0.15) is 0 Å². The molecule has 3 aromatic rings. The molecule has 0 atom stereocenters. The molecule has 0 spiro atoms. The van der Waals surface area contributed by atoms with Crippen molar-refractivity contribution in [1.82, 2.24) is 0 Å². The summed E-state index contributed by atoms with van der Waals surface area (Å²) in [5.74, 6) is -0.376. The van der Waals surface area contributed by atoms with E-state index in [0.717, 1.165) is 4.47 Å². The quantitative estimate of drug-likeness (QED) is 0.510. The van der Waals surface area contributed by atoms with Crippen molar-refractivity contribution in [1.29, 1.82) is 0 Å². The predicted molar refractivity (Wildman–Crippen MR) is 116 cm³/mol. The van der Waals surface area contributed by atoms with Gasteiger partial charge in [0.25, 0.3) is 15.9 Å². The summed E-state index contributed by atoms with van der Waals surface area (Å²) in [6.07, 6.45) is 0. The van der Waals surface area contributed by atoms with Crippen molar-refractivity contribution in [3.8, 4) is 0 Å². The van der Waals surface area contributed by atoms with E-state index in [9.17, 15) is 13.2 Å². The highest BCUT2D eigenvalue weighted by molar-refractivity contribution is 9.10. The molecular weight excluding hydrogens is 464 g/mol. The normalized spacial score (nSPS) is 11.1. The number of hydrogen-bond donors (Lipinski definition) is 2. The van der Waals surface area contributed by atoms with Crippen molar-refractivity contribution in [2.45, 2.75) is 11.8 Å². The smallest absolute Gasteiger partial charge is 0.261 e. The highest BCUT2D eigenvalue weighted by atomic mass is 79.9. The summed E-state index contributed by atoms with van der Waals surface area (Å²) in [5.41, 5.74) is 1.88. The van der Waals surface area contributed by atoms with Gasteiger partial charge in [-0.2, -0.15) is 0 Å². The molecule has 3 aromatic carbocycles. The first-order valence-corrected chi connectivity index (χ1v) is 10.9. The maximum Gasteiger partial charge on any atom is 0.261 e. The Hall–Kier alpha value is -2.35. The van der Waals surface area contributed by atoms with E-state index < -0.39 is 10.0 Å². The molecule has 3 rings (SSSR count). The van der Waals surface area contributed by atoms with Crippen LogP contribution in [0, 0.1) is 6.92 Å². The number of hydrogen-bond acceptors (Lipinski definition) is 3. The van der Waals surface area contributed by atoms with Crippen molar-refractivity contribution < 1.29 is 13.2 Å². The number of carbonyl (C=O) groups excluding carboxylic acids is 1. The molecule has 0 aromatic heterocycles. The van der Waals surface area contributed by atoms with Gasteiger partial charge in [-0.05, 0) is 70.9 Å². The van der Waals surface area contributed by atoms with Crippen LogP contribution in [0.25, 0.3) is 0 Å². The molecule has 1 amide bonds. The van der Waals surface area contributed by atoms with Gasteiger partial charge < -0.3 is 5.32 Å². The molecule has 0 saturated carbocycles. The summed E-state index contributed by atoms with van der Waals surface area (Å²) in [7, 11) is -3.75. The van der Waals surface area contributed by atoms with Gasteiger partial charge in [-0.3, -0.25) is 9.52 Å². The maximum atomic E-state index is 12.6. The summed E-state index contributed by atoms with van der Waals surface area (Å²) in [5, 5.41) is 3.22. The molecule has 0 aliphatic carbocycles. The molecule has 0 aliphatic rings. The number of benzene rings is 3. The molecule has 0 heterocycles. The Labute approximate surface area is 176 Å². The lowest BCUT2D eigenvalue weighted by atomic mass is 10.1. The van der Waals surface area contributed by atoms with E-state index in [-0.39, 0.29) is 10.8 Å². The van der Waals surface area contributed by atoms with Crippen LogP contribution in [0.2, 0.25) is 5.02 Å². The molecule has 0 radical (unpaired) electrons. The van der Waals surface area contributed by atoms with Gasteiger partial charge in [-0.25, -0.2) is 8.42 Å². The van der Waals surface area contributed by atoms with Crippen molar-refractivity contribution in [2.24, 2.45) is 0 Å². The van der Waals surface area contributed by atoms with Crippen LogP contribution in [0.3, 0.4) is 0 Å². The van der Waals surface area contributed by atoms with Crippen molar-refractivity contribution in [3.05, 3.63) is 87.4 Å². The summed E-state index contributed by atoms with van der Waals surface area (Å²) >= 11 is 9.34. The number of rotatable bonds is 5. The minimum Gasteiger partial charge on any atom is -0.322 e. The molecular formula is C20H16BrClN2O3S. The largest absolute Gasteiger partial charge is 0.322 e. The standard InChI is InChI=1S/C20H16BrClN2O3S/c1-13-7-8-14(20(25)23-15-9-10-17(21)18(22)12-15)11-19(13)24-28(26,27)16-5-3-2-4-6-16/h2-12,24H,1H3,(H,23,25). The highest BCUT2D eigenvalue weighted by Gasteiger charge is 2.16. The van der Waals surface area contributed by atoms with E-state index in [1.165, 1.54) is 18.2 Å². The number of amides is 1. The van der Waals surface area contributed by atoms with Crippen LogP contribution >= 0.6 is 27.5 Å². The first kappa shape index (κ1) is 20.4. The van der Waals surface area contributed by atoms with Crippen molar-refractivity contribution in [2.75, 3.05) is 10.0 Å². The average Bonchev–Trinajstić information content (AvgIpc) is 2.67. The number of anilines is 2. The lowest BCUT2D eigenvalue weighted by Crippen LogP contribution is -2.16. The fourth-order valence-corrected chi connectivity index (χ4v) is 4.02. The van der Waals surface area contributed by atoms with Crippen LogP contribution in [-0.2, 0) is 10.0 Å². The average molecular weight is 480 g/mol. The molecule has 0 saturated heterocycles. The number of nitrogens with one attached hydrogen (secondary N) is 2. The molecule has 0 aliphatic heterocycles. The van der Waals surface area contributed by atoms with Gasteiger partial charge in [0.05, 0.1) is 15.6 Å². The second-order valence-electron chi connectivity index (χ2n) is 6.03. The van der Waals surface area contributed by atoms with E-state index in [1.807, 2.05) is 0 Å². The molecule has 5 nitrogen and oxygen atoms in total. The van der Waals surface area contributed by atoms with Crippen molar-refractivity contribution >= 4 is 54.8 Å². The zero-order chi connectivity index (χ0) is 20.3. The molecule has 0 unspecified atom stereocenters.